The Morgan fingerprint density at radius 3 is 2.73 bits per heavy atom. The quantitative estimate of drug-likeness (QED) is 0.580. The Labute approximate surface area is 93.2 Å². The molecule has 0 spiro atoms. The van der Waals surface area contributed by atoms with Gasteiger partial charge in [-0.1, -0.05) is 31.9 Å². The lowest BCUT2D eigenvalue weighted by Crippen LogP contribution is -2.04. The van der Waals surface area contributed by atoms with Crippen LogP contribution in [0.4, 0.5) is 5.69 Å². The molecule has 4 heteroatoms. The Hall–Kier alpha value is -0.870. The van der Waals surface area contributed by atoms with Crippen LogP contribution in [0.15, 0.2) is 29.2 Å². The second kappa shape index (κ2) is 6.58. The molecule has 3 nitrogen and oxygen atoms in total. The van der Waals surface area contributed by atoms with Crippen molar-refractivity contribution in [3.8, 4) is 0 Å². The van der Waals surface area contributed by atoms with Crippen LogP contribution >= 0.6 is 0 Å². The number of anilines is 1. The normalized spacial score (nSPS) is 12.4. The van der Waals surface area contributed by atoms with Crippen molar-refractivity contribution in [2.75, 3.05) is 11.9 Å². The van der Waals surface area contributed by atoms with Gasteiger partial charge in [-0.15, -0.1) is 0 Å². The molecule has 0 fully saturated rings. The van der Waals surface area contributed by atoms with Gasteiger partial charge in [-0.2, -0.15) is 0 Å². The minimum Gasteiger partial charge on any atom is -0.384 e. The summed E-state index contributed by atoms with van der Waals surface area (Å²) >= 11 is -1.91. The number of nitrogens with one attached hydrogen (secondary N) is 1. The Morgan fingerprint density at radius 2 is 2.07 bits per heavy atom. The lowest BCUT2D eigenvalue weighted by molar-refractivity contribution is 0.564. The van der Waals surface area contributed by atoms with Gasteiger partial charge in [0, 0.05) is 6.54 Å². The van der Waals surface area contributed by atoms with Gasteiger partial charge in [0.15, 0.2) is 11.1 Å². The molecule has 1 aromatic carbocycles. The van der Waals surface area contributed by atoms with Crippen molar-refractivity contribution < 1.29 is 8.76 Å². The zero-order chi connectivity index (χ0) is 11.1. The average molecular weight is 227 g/mol. The van der Waals surface area contributed by atoms with E-state index in [0.29, 0.717) is 4.90 Å². The van der Waals surface area contributed by atoms with Crippen LogP contribution in [0.5, 0.6) is 0 Å². The molecule has 1 atom stereocenters. The van der Waals surface area contributed by atoms with Crippen molar-refractivity contribution in [2.24, 2.45) is 0 Å². The first-order valence-corrected chi connectivity index (χ1v) is 6.30. The van der Waals surface area contributed by atoms with Gasteiger partial charge in [0.25, 0.3) is 0 Å². The van der Waals surface area contributed by atoms with E-state index in [1.165, 1.54) is 12.8 Å². The Kier molecular flexibility index (Phi) is 5.36. The number of rotatable bonds is 6. The largest absolute Gasteiger partial charge is 0.384 e. The summed E-state index contributed by atoms with van der Waals surface area (Å²) in [5, 5.41) is 3.18. The van der Waals surface area contributed by atoms with Gasteiger partial charge in [0.1, 0.15) is 0 Å². The molecule has 0 aliphatic heterocycles. The summed E-state index contributed by atoms with van der Waals surface area (Å²) in [4.78, 5) is 0.453. The van der Waals surface area contributed by atoms with Crippen LogP contribution in [-0.4, -0.2) is 15.3 Å². The van der Waals surface area contributed by atoms with E-state index in [9.17, 15) is 4.21 Å². The molecule has 0 saturated carbocycles. The van der Waals surface area contributed by atoms with Crippen LogP contribution in [0.2, 0.25) is 0 Å². The van der Waals surface area contributed by atoms with Gasteiger partial charge in [0.05, 0.1) is 10.6 Å². The van der Waals surface area contributed by atoms with E-state index in [4.69, 9.17) is 4.55 Å². The third kappa shape index (κ3) is 4.01. The number of benzene rings is 1. The average Bonchev–Trinajstić information content (AvgIpc) is 2.25. The highest BCUT2D eigenvalue weighted by atomic mass is 32.2. The van der Waals surface area contributed by atoms with Crippen molar-refractivity contribution >= 4 is 16.8 Å². The van der Waals surface area contributed by atoms with E-state index in [2.05, 4.69) is 12.2 Å². The topological polar surface area (TPSA) is 49.3 Å². The van der Waals surface area contributed by atoms with Gasteiger partial charge in [0.2, 0.25) is 0 Å². The molecule has 1 unspecified atom stereocenters. The first-order valence-electron chi connectivity index (χ1n) is 5.19. The lowest BCUT2D eigenvalue weighted by Gasteiger charge is -2.08. The van der Waals surface area contributed by atoms with Crippen LogP contribution in [0.3, 0.4) is 0 Å². The van der Waals surface area contributed by atoms with E-state index in [0.717, 1.165) is 18.7 Å². The molecule has 1 rings (SSSR count). The van der Waals surface area contributed by atoms with Crippen molar-refractivity contribution in [2.45, 2.75) is 31.1 Å². The maximum Gasteiger partial charge on any atom is 0.188 e. The minimum absolute atomic E-state index is 0.453. The smallest absolute Gasteiger partial charge is 0.188 e. The van der Waals surface area contributed by atoms with Crippen molar-refractivity contribution in [3.05, 3.63) is 24.3 Å². The molecule has 0 aliphatic carbocycles. The van der Waals surface area contributed by atoms with Gasteiger partial charge >= 0.3 is 0 Å². The third-order valence-electron chi connectivity index (χ3n) is 2.17. The second-order valence-electron chi connectivity index (χ2n) is 3.38. The maximum atomic E-state index is 11.0. The summed E-state index contributed by atoms with van der Waals surface area (Å²) in [6.07, 6.45) is 3.44. The molecule has 0 saturated heterocycles. The summed E-state index contributed by atoms with van der Waals surface area (Å²) < 4.78 is 20.0. The molecule has 0 heterocycles. The molecule has 0 amide bonds. The molecule has 0 aromatic heterocycles. The minimum atomic E-state index is -1.91. The van der Waals surface area contributed by atoms with Crippen LogP contribution in [0, 0.1) is 0 Å². The fourth-order valence-electron chi connectivity index (χ4n) is 1.36. The van der Waals surface area contributed by atoms with Crippen LogP contribution in [-0.2, 0) is 11.1 Å². The summed E-state index contributed by atoms with van der Waals surface area (Å²) in [5.74, 6) is 0. The van der Waals surface area contributed by atoms with Crippen molar-refractivity contribution in [1.82, 2.24) is 0 Å². The standard InChI is InChI=1S/C11H17NO2S/c1-2-3-6-9-12-10-7-4-5-8-11(10)15(13)14/h4-5,7-8,12H,2-3,6,9H2,1H3,(H,13,14). The summed E-state index contributed by atoms with van der Waals surface area (Å²) in [6.45, 7) is 3.00. The monoisotopic (exact) mass is 227 g/mol. The molecule has 1 aromatic rings. The Bertz CT molecular complexity index is 328. The number of hydrogen-bond donors (Lipinski definition) is 2. The first kappa shape index (κ1) is 12.2. The maximum absolute atomic E-state index is 11.0. The predicted molar refractivity (Wildman–Crippen MR) is 63.5 cm³/mol. The lowest BCUT2D eigenvalue weighted by atomic mass is 10.2. The van der Waals surface area contributed by atoms with Crippen LogP contribution < -0.4 is 5.32 Å². The fraction of sp³-hybridized carbons (Fsp3) is 0.455. The van der Waals surface area contributed by atoms with Gasteiger partial charge in [-0.05, 0) is 18.6 Å². The number of unbranched alkanes of at least 4 members (excludes halogenated alkanes) is 2. The van der Waals surface area contributed by atoms with Gasteiger partial charge < -0.3 is 9.87 Å². The zero-order valence-electron chi connectivity index (χ0n) is 8.90. The van der Waals surface area contributed by atoms with Gasteiger partial charge in [-0.25, -0.2) is 4.21 Å². The molecule has 0 bridgehead atoms. The summed E-state index contributed by atoms with van der Waals surface area (Å²) in [5.41, 5.74) is 0.759. The fourth-order valence-corrected chi connectivity index (χ4v) is 1.89. The Balaban J connectivity index is 2.56. The van der Waals surface area contributed by atoms with Gasteiger partial charge in [-0.3, -0.25) is 0 Å². The zero-order valence-corrected chi connectivity index (χ0v) is 9.72. The highest BCUT2D eigenvalue weighted by Gasteiger charge is 2.05. The highest BCUT2D eigenvalue weighted by molar-refractivity contribution is 7.79. The number of para-hydroxylation sites is 1. The first-order chi connectivity index (χ1) is 7.25. The summed E-state index contributed by atoms with van der Waals surface area (Å²) in [7, 11) is 0. The Morgan fingerprint density at radius 1 is 1.33 bits per heavy atom. The second-order valence-corrected chi connectivity index (χ2v) is 4.32. The van der Waals surface area contributed by atoms with Crippen molar-refractivity contribution in [3.63, 3.8) is 0 Å². The molecule has 0 aliphatic rings. The van der Waals surface area contributed by atoms with E-state index >= 15 is 0 Å². The van der Waals surface area contributed by atoms with E-state index in [1.807, 2.05) is 12.1 Å². The summed E-state index contributed by atoms with van der Waals surface area (Å²) in [6, 6.07) is 7.12. The number of hydrogen-bond acceptors (Lipinski definition) is 2. The molecule has 84 valence electrons. The SMILES string of the molecule is CCCCCNc1ccccc1S(=O)O. The van der Waals surface area contributed by atoms with E-state index in [1.54, 1.807) is 12.1 Å². The van der Waals surface area contributed by atoms with Crippen LogP contribution in [0.25, 0.3) is 0 Å². The molecule has 0 radical (unpaired) electrons. The molecular formula is C11H17NO2S. The molecular weight excluding hydrogens is 210 g/mol. The molecule has 2 N–H and O–H groups in total. The van der Waals surface area contributed by atoms with E-state index < -0.39 is 11.1 Å². The predicted octanol–water partition coefficient (Wildman–Crippen LogP) is 2.87. The van der Waals surface area contributed by atoms with Crippen LogP contribution in [0.1, 0.15) is 26.2 Å². The van der Waals surface area contributed by atoms with E-state index in [-0.39, 0.29) is 0 Å². The third-order valence-corrected chi connectivity index (χ3v) is 2.90. The molecule has 15 heavy (non-hydrogen) atoms. The van der Waals surface area contributed by atoms with Crippen molar-refractivity contribution in [1.29, 1.82) is 0 Å². The highest BCUT2D eigenvalue weighted by Crippen LogP contribution is 2.17.